The summed E-state index contributed by atoms with van der Waals surface area (Å²) in [7, 11) is 1.60. The van der Waals surface area contributed by atoms with Crippen molar-refractivity contribution in [2.45, 2.75) is 19.4 Å². The van der Waals surface area contributed by atoms with Crippen molar-refractivity contribution in [1.29, 1.82) is 0 Å². The van der Waals surface area contributed by atoms with Crippen LogP contribution < -0.4 is 9.47 Å². The summed E-state index contributed by atoms with van der Waals surface area (Å²) < 4.78 is 11.0. The van der Waals surface area contributed by atoms with Crippen LogP contribution in [0.3, 0.4) is 0 Å². The van der Waals surface area contributed by atoms with E-state index in [2.05, 4.69) is 0 Å². The van der Waals surface area contributed by atoms with E-state index in [0.29, 0.717) is 44.2 Å². The molecule has 2 atom stereocenters. The first-order chi connectivity index (χ1) is 10.5. The molecule has 1 saturated heterocycles. The van der Waals surface area contributed by atoms with Crippen LogP contribution in [0.5, 0.6) is 11.5 Å². The van der Waals surface area contributed by atoms with Crippen molar-refractivity contribution in [2.75, 3.05) is 33.4 Å². The summed E-state index contributed by atoms with van der Waals surface area (Å²) in [5.41, 5.74) is 1.10. The minimum atomic E-state index is -0.946. The average Bonchev–Trinajstić information content (AvgIpc) is 2.50. The van der Waals surface area contributed by atoms with E-state index in [1.54, 1.807) is 7.11 Å². The number of aliphatic hydroxyl groups is 1. The first-order valence-corrected chi connectivity index (χ1v) is 7.42. The smallest absolute Gasteiger partial charge is 0.310 e. The number of carbonyl (C=O) groups is 1. The number of aliphatic carboxylic acids is 1. The van der Waals surface area contributed by atoms with Gasteiger partial charge >= 0.3 is 5.97 Å². The van der Waals surface area contributed by atoms with E-state index in [0.717, 1.165) is 5.56 Å². The Hall–Kier alpha value is -1.79. The molecule has 6 heteroatoms. The number of nitrogens with zero attached hydrogens (tertiary/aromatic N) is 1. The molecule has 1 aromatic rings. The fraction of sp³-hybridized carbons (Fsp3) is 0.562. The number of rotatable bonds is 6. The van der Waals surface area contributed by atoms with Gasteiger partial charge in [-0.25, -0.2) is 0 Å². The predicted molar refractivity (Wildman–Crippen MR) is 81.4 cm³/mol. The van der Waals surface area contributed by atoms with E-state index < -0.39 is 18.0 Å². The molecule has 0 spiro atoms. The van der Waals surface area contributed by atoms with E-state index in [4.69, 9.17) is 14.6 Å². The summed E-state index contributed by atoms with van der Waals surface area (Å²) in [6.07, 6.45) is -0.281. The molecule has 0 radical (unpaired) electrons. The van der Waals surface area contributed by atoms with Crippen LogP contribution in [0, 0.1) is 12.8 Å². The third kappa shape index (κ3) is 4.11. The molecular weight excluding hydrogens is 286 g/mol. The van der Waals surface area contributed by atoms with E-state index >= 15 is 0 Å². The number of aliphatic hydroxyl groups excluding tert-OH is 1. The highest BCUT2D eigenvalue weighted by atomic mass is 16.5. The number of carboxylic acids is 1. The Morgan fingerprint density at radius 3 is 2.86 bits per heavy atom. The lowest BCUT2D eigenvalue weighted by molar-refractivity contribution is -0.148. The molecule has 6 nitrogen and oxygen atoms in total. The van der Waals surface area contributed by atoms with Gasteiger partial charge in [0.05, 0.1) is 19.1 Å². The second kappa shape index (κ2) is 7.47. The lowest BCUT2D eigenvalue weighted by Crippen LogP contribution is -2.47. The number of hydrogen-bond acceptors (Lipinski definition) is 5. The molecule has 0 saturated carbocycles. The summed E-state index contributed by atoms with van der Waals surface area (Å²) in [6, 6.07) is 5.73. The maximum absolute atomic E-state index is 11.1. The highest BCUT2D eigenvalue weighted by molar-refractivity contribution is 5.71. The Bertz CT molecular complexity index is 519. The Balaban J connectivity index is 1.85. The molecule has 1 heterocycles. The lowest BCUT2D eigenvalue weighted by Gasteiger charge is -2.33. The highest BCUT2D eigenvalue weighted by Crippen LogP contribution is 2.27. The van der Waals surface area contributed by atoms with E-state index in [1.807, 2.05) is 30.0 Å². The molecule has 1 aromatic carbocycles. The van der Waals surface area contributed by atoms with Crippen molar-refractivity contribution in [3.05, 3.63) is 23.8 Å². The topological polar surface area (TPSA) is 79.2 Å². The number of aryl methyl sites for hydroxylation is 1. The number of piperidine rings is 1. The van der Waals surface area contributed by atoms with Gasteiger partial charge in [0.25, 0.3) is 0 Å². The molecule has 0 bridgehead atoms. The zero-order valence-electron chi connectivity index (χ0n) is 13.0. The Kier molecular flexibility index (Phi) is 5.63. The monoisotopic (exact) mass is 309 g/mol. The van der Waals surface area contributed by atoms with Crippen LogP contribution in [0.15, 0.2) is 18.2 Å². The Morgan fingerprint density at radius 2 is 2.18 bits per heavy atom. The van der Waals surface area contributed by atoms with Gasteiger partial charge in [0.2, 0.25) is 0 Å². The highest BCUT2D eigenvalue weighted by Gasteiger charge is 2.32. The van der Waals surface area contributed by atoms with Gasteiger partial charge in [-0.05, 0) is 31.0 Å². The summed E-state index contributed by atoms with van der Waals surface area (Å²) in [4.78, 5) is 13.1. The summed E-state index contributed by atoms with van der Waals surface area (Å²) in [5, 5.41) is 18.8. The molecule has 22 heavy (non-hydrogen) atoms. The molecule has 2 N–H and O–H groups in total. The third-order valence-corrected chi connectivity index (χ3v) is 3.96. The lowest BCUT2D eigenvalue weighted by atomic mass is 9.95. The van der Waals surface area contributed by atoms with Gasteiger partial charge in [-0.15, -0.1) is 0 Å². The van der Waals surface area contributed by atoms with Crippen molar-refractivity contribution < 1.29 is 24.5 Å². The normalized spacial score (nSPS) is 22.3. The van der Waals surface area contributed by atoms with Gasteiger partial charge in [-0.1, -0.05) is 6.07 Å². The van der Waals surface area contributed by atoms with Gasteiger partial charge in [-0.3, -0.25) is 9.69 Å². The van der Waals surface area contributed by atoms with Crippen LogP contribution in [0.25, 0.3) is 0 Å². The first-order valence-electron chi connectivity index (χ1n) is 7.42. The molecule has 1 fully saturated rings. The quantitative estimate of drug-likeness (QED) is 0.820. The average molecular weight is 309 g/mol. The van der Waals surface area contributed by atoms with Crippen molar-refractivity contribution in [1.82, 2.24) is 4.90 Å². The van der Waals surface area contributed by atoms with Crippen molar-refractivity contribution in [3.8, 4) is 11.5 Å². The number of hydrogen-bond donors (Lipinski definition) is 2. The van der Waals surface area contributed by atoms with E-state index in [-0.39, 0.29) is 0 Å². The summed E-state index contributed by atoms with van der Waals surface area (Å²) in [6.45, 7) is 4.08. The minimum Gasteiger partial charge on any atom is -0.493 e. The first kappa shape index (κ1) is 16.6. The van der Waals surface area contributed by atoms with Crippen LogP contribution in [0.2, 0.25) is 0 Å². The molecule has 122 valence electrons. The predicted octanol–water partition coefficient (Wildman–Crippen LogP) is 1.15. The molecule has 0 aromatic heterocycles. The molecule has 1 aliphatic heterocycles. The number of ether oxygens (including phenoxy) is 2. The summed E-state index contributed by atoms with van der Waals surface area (Å²) in [5.74, 6) is -0.293. The maximum atomic E-state index is 11.1. The molecule has 1 aliphatic rings. The number of methoxy groups -OCH3 is 1. The Morgan fingerprint density at radius 1 is 1.41 bits per heavy atom. The van der Waals surface area contributed by atoms with Crippen LogP contribution in [-0.4, -0.2) is 60.5 Å². The number of carboxylic acid groups (broad SMARTS) is 1. The van der Waals surface area contributed by atoms with E-state index in [9.17, 15) is 9.90 Å². The fourth-order valence-electron chi connectivity index (χ4n) is 2.63. The second-order valence-corrected chi connectivity index (χ2v) is 5.60. The third-order valence-electron chi connectivity index (χ3n) is 3.96. The van der Waals surface area contributed by atoms with Crippen molar-refractivity contribution >= 4 is 5.97 Å². The molecule has 0 amide bonds. The standard InChI is InChI=1S/C16H23NO5/c1-11-3-4-14(15(9-11)21-2)22-8-7-17-6-5-13(18)12(10-17)16(19)20/h3-4,9,12-13,18H,5-8,10H2,1-2H3,(H,19,20)/t12-,13+/m0/s1. The van der Waals surface area contributed by atoms with Crippen LogP contribution in [0.4, 0.5) is 0 Å². The van der Waals surface area contributed by atoms with Gasteiger partial charge in [-0.2, -0.15) is 0 Å². The van der Waals surface area contributed by atoms with Crippen molar-refractivity contribution in [2.24, 2.45) is 5.92 Å². The van der Waals surface area contributed by atoms with Gasteiger partial charge in [0.1, 0.15) is 6.61 Å². The van der Waals surface area contributed by atoms with Crippen LogP contribution in [0.1, 0.15) is 12.0 Å². The fourth-order valence-corrected chi connectivity index (χ4v) is 2.63. The largest absolute Gasteiger partial charge is 0.493 e. The van der Waals surface area contributed by atoms with Gasteiger partial charge in [0, 0.05) is 19.6 Å². The molecule has 0 unspecified atom stereocenters. The zero-order chi connectivity index (χ0) is 16.1. The van der Waals surface area contributed by atoms with Crippen molar-refractivity contribution in [3.63, 3.8) is 0 Å². The zero-order valence-corrected chi connectivity index (χ0v) is 13.0. The number of benzene rings is 1. The van der Waals surface area contributed by atoms with Gasteiger partial charge < -0.3 is 19.7 Å². The maximum Gasteiger partial charge on any atom is 0.310 e. The molecule has 0 aliphatic carbocycles. The molecule has 2 rings (SSSR count). The SMILES string of the molecule is COc1cc(C)ccc1OCCN1CC[C@@H](O)[C@@H](C(=O)O)C1. The van der Waals surface area contributed by atoms with Crippen LogP contribution in [-0.2, 0) is 4.79 Å². The minimum absolute atomic E-state index is 0.352. The molecular formula is C16H23NO5. The Labute approximate surface area is 130 Å². The second-order valence-electron chi connectivity index (χ2n) is 5.60. The summed E-state index contributed by atoms with van der Waals surface area (Å²) >= 11 is 0. The number of likely N-dealkylation sites (tertiary alicyclic amines) is 1. The van der Waals surface area contributed by atoms with Gasteiger partial charge in [0.15, 0.2) is 11.5 Å². The van der Waals surface area contributed by atoms with Crippen LogP contribution >= 0.6 is 0 Å². The van der Waals surface area contributed by atoms with E-state index in [1.165, 1.54) is 0 Å².